The average molecular weight is 221 g/mol. The summed E-state index contributed by atoms with van der Waals surface area (Å²) in [6.45, 7) is 3.72. The zero-order valence-corrected chi connectivity index (χ0v) is 9.36. The van der Waals surface area contributed by atoms with Gasteiger partial charge in [-0.3, -0.25) is 5.73 Å². The number of rotatable bonds is 7. The summed E-state index contributed by atoms with van der Waals surface area (Å²) in [5.41, 5.74) is 3.38. The molecule has 0 saturated heterocycles. The van der Waals surface area contributed by atoms with E-state index in [-0.39, 0.29) is 6.79 Å². The Labute approximate surface area is 89.3 Å². The molecule has 0 unspecified atom stereocenters. The van der Waals surface area contributed by atoms with E-state index in [1.807, 2.05) is 0 Å². The third-order valence-corrected chi connectivity index (χ3v) is 1.91. The van der Waals surface area contributed by atoms with Gasteiger partial charge >= 0.3 is 5.97 Å². The Morgan fingerprint density at radius 1 is 1.47 bits per heavy atom. The van der Waals surface area contributed by atoms with Crippen molar-refractivity contribution in [3.63, 3.8) is 0 Å². The Bertz CT molecular complexity index is 193. The van der Waals surface area contributed by atoms with Gasteiger partial charge in [0.05, 0.1) is 13.2 Å². The van der Waals surface area contributed by atoms with Gasteiger partial charge in [0, 0.05) is 13.0 Å². The molecule has 0 aliphatic carbocycles. The van der Waals surface area contributed by atoms with Crippen molar-refractivity contribution in [1.82, 2.24) is 0 Å². The largest absolute Gasteiger partial charge is 0.435 e. The van der Waals surface area contributed by atoms with Crippen LogP contribution in [0, 0.1) is 5.92 Å². The van der Waals surface area contributed by atoms with E-state index in [1.54, 1.807) is 13.8 Å². The lowest BCUT2D eigenvalue weighted by Gasteiger charge is -2.24. The molecule has 3 N–H and O–H groups in total. The first kappa shape index (κ1) is 14.3. The maximum absolute atomic E-state index is 11.2. The number of nitrogens with two attached hydrogens (primary N) is 1. The second kappa shape index (κ2) is 6.73. The number of methoxy groups -OCH3 is 1. The Kier molecular flexibility index (Phi) is 6.42. The molecule has 0 radical (unpaired) electrons. The van der Waals surface area contributed by atoms with Crippen molar-refractivity contribution in [3.05, 3.63) is 0 Å². The molecule has 0 rings (SSSR count). The summed E-state index contributed by atoms with van der Waals surface area (Å²) in [5.74, 6) is -1.32. The standard InChI is InChI=1S/C9H19NO5/c1-7(2)9(10,12)8(11)15-6-14-5-4-13-3/h7,12H,4-6,10H2,1-3H3/t9-/m0/s1. The highest BCUT2D eigenvalue weighted by Gasteiger charge is 2.36. The summed E-state index contributed by atoms with van der Waals surface area (Å²) in [4.78, 5) is 11.2. The van der Waals surface area contributed by atoms with Crippen molar-refractivity contribution < 1.29 is 24.1 Å². The van der Waals surface area contributed by atoms with Gasteiger partial charge in [-0.15, -0.1) is 0 Å². The molecular weight excluding hydrogens is 202 g/mol. The van der Waals surface area contributed by atoms with E-state index in [0.717, 1.165) is 0 Å². The maximum atomic E-state index is 11.2. The van der Waals surface area contributed by atoms with Gasteiger partial charge in [0.25, 0.3) is 0 Å². The Morgan fingerprint density at radius 3 is 2.53 bits per heavy atom. The monoisotopic (exact) mass is 221 g/mol. The van der Waals surface area contributed by atoms with Crippen LogP contribution in [0.2, 0.25) is 0 Å². The van der Waals surface area contributed by atoms with Gasteiger partial charge in [-0.25, -0.2) is 4.79 Å². The van der Waals surface area contributed by atoms with Gasteiger partial charge in [0.15, 0.2) is 6.79 Å². The predicted octanol–water partition coefficient (Wildman–Crippen LogP) is -0.547. The molecule has 1 atom stereocenters. The first-order valence-electron chi connectivity index (χ1n) is 4.68. The molecule has 15 heavy (non-hydrogen) atoms. The Morgan fingerprint density at radius 2 is 2.07 bits per heavy atom. The minimum atomic E-state index is -1.97. The van der Waals surface area contributed by atoms with Gasteiger partial charge < -0.3 is 19.3 Å². The molecule has 6 nitrogen and oxygen atoms in total. The molecular formula is C9H19NO5. The van der Waals surface area contributed by atoms with E-state index >= 15 is 0 Å². The van der Waals surface area contributed by atoms with Gasteiger partial charge in [-0.1, -0.05) is 13.8 Å². The first-order chi connectivity index (χ1) is 6.92. The lowest BCUT2D eigenvalue weighted by molar-refractivity contribution is -0.182. The van der Waals surface area contributed by atoms with Crippen LogP contribution in [0.4, 0.5) is 0 Å². The summed E-state index contributed by atoms with van der Waals surface area (Å²) in [5, 5.41) is 9.49. The molecule has 0 fully saturated rings. The number of hydrogen-bond donors (Lipinski definition) is 2. The van der Waals surface area contributed by atoms with Crippen molar-refractivity contribution in [2.24, 2.45) is 11.7 Å². The van der Waals surface area contributed by atoms with Crippen molar-refractivity contribution in [1.29, 1.82) is 0 Å². The van der Waals surface area contributed by atoms with Gasteiger partial charge in [0.1, 0.15) is 0 Å². The number of aliphatic hydroxyl groups is 1. The summed E-state index contributed by atoms with van der Waals surface area (Å²) in [6, 6.07) is 0. The lowest BCUT2D eigenvalue weighted by atomic mass is 10.0. The zero-order chi connectivity index (χ0) is 11.9. The Hall–Kier alpha value is -0.690. The lowest BCUT2D eigenvalue weighted by Crippen LogP contribution is -2.53. The molecule has 0 amide bonds. The molecule has 6 heteroatoms. The van der Waals surface area contributed by atoms with E-state index in [0.29, 0.717) is 13.2 Å². The highest BCUT2D eigenvalue weighted by molar-refractivity contribution is 5.78. The minimum Gasteiger partial charge on any atom is -0.435 e. The fourth-order valence-electron chi connectivity index (χ4n) is 0.648. The van der Waals surface area contributed by atoms with Crippen LogP contribution in [-0.4, -0.2) is 43.9 Å². The predicted molar refractivity (Wildman–Crippen MR) is 52.8 cm³/mol. The molecule has 0 aliphatic heterocycles. The average Bonchev–Trinajstić information content (AvgIpc) is 2.16. The SMILES string of the molecule is COCCOCOC(=O)[C@@](N)(O)C(C)C. The highest BCUT2D eigenvalue weighted by Crippen LogP contribution is 2.11. The van der Waals surface area contributed by atoms with Crippen molar-refractivity contribution in [2.45, 2.75) is 19.6 Å². The number of esters is 1. The van der Waals surface area contributed by atoms with E-state index in [4.69, 9.17) is 15.2 Å². The first-order valence-corrected chi connectivity index (χ1v) is 4.68. The van der Waals surface area contributed by atoms with Crippen LogP contribution in [-0.2, 0) is 19.0 Å². The van der Waals surface area contributed by atoms with Crippen LogP contribution in [0.5, 0.6) is 0 Å². The summed E-state index contributed by atoms with van der Waals surface area (Å²) >= 11 is 0. The summed E-state index contributed by atoms with van der Waals surface area (Å²) in [6.07, 6.45) is 0. The molecule has 0 aromatic heterocycles. The van der Waals surface area contributed by atoms with Crippen LogP contribution >= 0.6 is 0 Å². The van der Waals surface area contributed by atoms with E-state index in [9.17, 15) is 9.90 Å². The molecule has 0 heterocycles. The van der Waals surface area contributed by atoms with E-state index in [2.05, 4.69) is 4.74 Å². The minimum absolute atomic E-state index is 0.242. The third kappa shape index (κ3) is 5.08. The number of hydrogen-bond acceptors (Lipinski definition) is 6. The molecule has 0 saturated carbocycles. The topological polar surface area (TPSA) is 91.0 Å². The second-order valence-corrected chi connectivity index (χ2v) is 3.43. The third-order valence-electron chi connectivity index (χ3n) is 1.91. The van der Waals surface area contributed by atoms with Gasteiger partial charge in [0.2, 0.25) is 5.72 Å². The van der Waals surface area contributed by atoms with Crippen LogP contribution in [0.15, 0.2) is 0 Å². The van der Waals surface area contributed by atoms with Gasteiger partial charge in [-0.05, 0) is 0 Å². The smallest absolute Gasteiger partial charge is 0.355 e. The normalized spacial score (nSPS) is 15.1. The van der Waals surface area contributed by atoms with Gasteiger partial charge in [-0.2, -0.15) is 0 Å². The maximum Gasteiger partial charge on any atom is 0.355 e. The Balaban J connectivity index is 3.74. The fraction of sp³-hybridized carbons (Fsp3) is 0.889. The van der Waals surface area contributed by atoms with Crippen LogP contribution in [0.3, 0.4) is 0 Å². The summed E-state index contributed by atoms with van der Waals surface area (Å²) in [7, 11) is 1.53. The van der Waals surface area contributed by atoms with Crippen LogP contribution < -0.4 is 5.73 Å². The molecule has 0 aliphatic rings. The van der Waals surface area contributed by atoms with Crippen LogP contribution in [0.1, 0.15) is 13.8 Å². The summed E-state index contributed by atoms with van der Waals surface area (Å²) < 4.78 is 14.2. The van der Waals surface area contributed by atoms with Crippen LogP contribution in [0.25, 0.3) is 0 Å². The zero-order valence-electron chi connectivity index (χ0n) is 9.36. The molecule has 0 aromatic rings. The van der Waals surface area contributed by atoms with E-state index in [1.165, 1.54) is 7.11 Å². The molecule has 90 valence electrons. The second-order valence-electron chi connectivity index (χ2n) is 3.43. The molecule has 0 aromatic carbocycles. The number of ether oxygens (including phenoxy) is 3. The fourth-order valence-corrected chi connectivity index (χ4v) is 0.648. The van der Waals surface area contributed by atoms with Crippen molar-refractivity contribution >= 4 is 5.97 Å². The van der Waals surface area contributed by atoms with E-state index < -0.39 is 17.6 Å². The van der Waals surface area contributed by atoms with Crippen molar-refractivity contribution in [2.75, 3.05) is 27.1 Å². The number of carbonyl (C=O) groups excluding carboxylic acids is 1. The molecule has 0 bridgehead atoms. The molecule has 0 spiro atoms. The quantitative estimate of drug-likeness (QED) is 0.340. The number of carbonyl (C=O) groups is 1. The highest BCUT2D eigenvalue weighted by atomic mass is 16.7. The van der Waals surface area contributed by atoms with Crippen molar-refractivity contribution in [3.8, 4) is 0 Å².